The van der Waals surface area contributed by atoms with E-state index in [1.165, 1.54) is 0 Å². The number of aromatic nitrogens is 2. The smallest absolute Gasteiger partial charge is 0.386 e. The Balaban J connectivity index is 3.34. The van der Waals surface area contributed by atoms with E-state index in [9.17, 15) is 23.3 Å². The van der Waals surface area contributed by atoms with Gasteiger partial charge in [-0.25, -0.2) is 4.98 Å². The normalized spacial score (nSPS) is 11.7. The molecule has 0 amide bonds. The molecule has 1 N–H and O–H groups in total. The van der Waals surface area contributed by atoms with Crippen LogP contribution in [-0.2, 0) is 12.9 Å². The van der Waals surface area contributed by atoms with Gasteiger partial charge in [-0.05, 0) is 4.92 Å². The summed E-state index contributed by atoms with van der Waals surface area (Å²) in [5, 5.41) is 18.6. The number of hydrogen-bond donors (Lipinski definition) is 1. The maximum atomic E-state index is 12.2. The summed E-state index contributed by atoms with van der Waals surface area (Å²) in [6, 6.07) is 0. The highest BCUT2D eigenvalue weighted by Gasteiger charge is 2.44. The predicted octanol–water partition coefficient (Wildman–Crippen LogP) is 0.760. The molecule has 1 aromatic rings. The Bertz CT molecular complexity index is 359. The van der Waals surface area contributed by atoms with Crippen LogP contribution in [0.4, 0.5) is 19.0 Å². The summed E-state index contributed by atoms with van der Waals surface area (Å²) in [7, 11) is 0. The topological polar surface area (TPSA) is 81.2 Å². The highest BCUT2D eigenvalue weighted by Crippen LogP contribution is 2.29. The molecule has 0 fully saturated rings. The fraction of sp³-hybridized carbons (Fsp3) is 0.400. The standard InChI is InChI=1S/C5H4F3N3O3/c6-5(7,8)10-3(2-12)9-1-4(10)11(13)14/h1,12H,2H2. The molecule has 1 aromatic heterocycles. The van der Waals surface area contributed by atoms with Crippen molar-refractivity contribution in [1.82, 2.24) is 9.55 Å². The maximum Gasteiger partial charge on any atom is 0.569 e. The molecular formula is C5H4F3N3O3. The lowest BCUT2D eigenvalue weighted by molar-refractivity contribution is -0.400. The molecule has 0 atom stereocenters. The second kappa shape index (κ2) is 3.25. The van der Waals surface area contributed by atoms with Gasteiger partial charge in [0, 0.05) is 0 Å². The summed E-state index contributed by atoms with van der Waals surface area (Å²) in [6.07, 6.45) is -4.52. The summed E-state index contributed by atoms with van der Waals surface area (Å²) < 4.78 is 36.0. The summed E-state index contributed by atoms with van der Waals surface area (Å²) in [4.78, 5) is 12.0. The van der Waals surface area contributed by atoms with Crippen LogP contribution < -0.4 is 0 Å². The number of nitro groups is 1. The first-order chi connectivity index (χ1) is 6.38. The zero-order valence-electron chi connectivity index (χ0n) is 6.52. The van der Waals surface area contributed by atoms with Gasteiger partial charge in [-0.3, -0.25) is 0 Å². The van der Waals surface area contributed by atoms with E-state index < -0.39 is 34.0 Å². The Kier molecular flexibility index (Phi) is 2.43. The van der Waals surface area contributed by atoms with Crippen molar-refractivity contribution >= 4 is 5.82 Å². The lowest BCUT2D eigenvalue weighted by Crippen LogP contribution is -2.21. The summed E-state index contributed by atoms with van der Waals surface area (Å²) in [5.74, 6) is -2.04. The van der Waals surface area contributed by atoms with Crippen molar-refractivity contribution in [3.63, 3.8) is 0 Å². The Morgan fingerprint density at radius 3 is 2.57 bits per heavy atom. The number of imidazole rings is 1. The van der Waals surface area contributed by atoms with E-state index in [-0.39, 0.29) is 0 Å². The van der Waals surface area contributed by atoms with Gasteiger partial charge >= 0.3 is 12.1 Å². The summed E-state index contributed by atoms with van der Waals surface area (Å²) in [5.41, 5.74) is 0. The molecule has 0 aliphatic heterocycles. The number of halogens is 3. The van der Waals surface area contributed by atoms with Crippen LogP contribution in [0.25, 0.3) is 0 Å². The highest BCUT2D eigenvalue weighted by atomic mass is 19.4. The van der Waals surface area contributed by atoms with Gasteiger partial charge in [0.1, 0.15) is 12.8 Å². The first kappa shape index (κ1) is 10.4. The van der Waals surface area contributed by atoms with Gasteiger partial charge in [0.15, 0.2) is 0 Å². The monoisotopic (exact) mass is 211 g/mol. The van der Waals surface area contributed by atoms with Crippen LogP contribution >= 0.6 is 0 Å². The van der Waals surface area contributed by atoms with Crippen molar-refractivity contribution < 1.29 is 23.2 Å². The predicted molar refractivity (Wildman–Crippen MR) is 36.1 cm³/mol. The van der Waals surface area contributed by atoms with Gasteiger partial charge in [-0.2, -0.15) is 0 Å². The van der Waals surface area contributed by atoms with Crippen LogP contribution in [0, 0.1) is 10.1 Å². The SMILES string of the molecule is O=[N+]([O-])c1cnc(CO)n1C(F)(F)F. The largest absolute Gasteiger partial charge is 0.569 e. The second-order valence-electron chi connectivity index (χ2n) is 2.25. The molecule has 9 heteroatoms. The quantitative estimate of drug-likeness (QED) is 0.578. The minimum absolute atomic E-state index is 0.443. The zero-order chi connectivity index (χ0) is 10.9. The molecule has 78 valence electrons. The van der Waals surface area contributed by atoms with Crippen molar-refractivity contribution in [3.05, 3.63) is 22.1 Å². The van der Waals surface area contributed by atoms with Crippen LogP contribution in [0.15, 0.2) is 6.20 Å². The van der Waals surface area contributed by atoms with Crippen molar-refractivity contribution in [2.75, 3.05) is 0 Å². The van der Waals surface area contributed by atoms with Crippen molar-refractivity contribution in [2.45, 2.75) is 12.9 Å². The molecule has 0 spiro atoms. The van der Waals surface area contributed by atoms with Crippen LogP contribution in [0.1, 0.15) is 5.82 Å². The molecule has 1 heterocycles. The number of hydrogen-bond acceptors (Lipinski definition) is 4. The number of alkyl halides is 3. The summed E-state index contributed by atoms with van der Waals surface area (Å²) >= 11 is 0. The summed E-state index contributed by atoms with van der Waals surface area (Å²) in [6.45, 7) is -1.02. The number of nitrogens with zero attached hydrogens (tertiary/aromatic N) is 3. The van der Waals surface area contributed by atoms with Gasteiger partial charge in [0.25, 0.3) is 0 Å². The second-order valence-corrected chi connectivity index (χ2v) is 2.25. The van der Waals surface area contributed by atoms with Gasteiger partial charge in [-0.1, -0.05) is 0 Å². The van der Waals surface area contributed by atoms with Crippen LogP contribution in [0.3, 0.4) is 0 Å². The van der Waals surface area contributed by atoms with Gasteiger partial charge in [-0.15, -0.1) is 17.7 Å². The number of aliphatic hydroxyl groups is 1. The molecule has 0 saturated carbocycles. The van der Waals surface area contributed by atoms with E-state index in [0.29, 0.717) is 6.20 Å². The van der Waals surface area contributed by atoms with Crippen molar-refractivity contribution in [3.8, 4) is 0 Å². The molecule has 0 saturated heterocycles. The van der Waals surface area contributed by atoms with Crippen LogP contribution in [-0.4, -0.2) is 19.6 Å². The fourth-order valence-corrected chi connectivity index (χ4v) is 0.896. The van der Waals surface area contributed by atoms with E-state index in [1.807, 2.05) is 0 Å². The van der Waals surface area contributed by atoms with E-state index in [0.717, 1.165) is 0 Å². The highest BCUT2D eigenvalue weighted by molar-refractivity contribution is 5.19. The molecule has 0 aliphatic carbocycles. The fourth-order valence-electron chi connectivity index (χ4n) is 0.896. The third kappa shape index (κ3) is 1.66. The Morgan fingerprint density at radius 2 is 2.21 bits per heavy atom. The first-order valence-corrected chi connectivity index (χ1v) is 3.27. The minimum Gasteiger partial charge on any atom is -0.386 e. The third-order valence-corrected chi connectivity index (χ3v) is 1.40. The lowest BCUT2D eigenvalue weighted by Gasteiger charge is -2.05. The molecule has 0 unspecified atom stereocenters. The minimum atomic E-state index is -4.96. The van der Waals surface area contributed by atoms with Gasteiger partial charge < -0.3 is 15.2 Å². The molecule has 0 bridgehead atoms. The van der Waals surface area contributed by atoms with E-state index in [4.69, 9.17) is 5.11 Å². The zero-order valence-corrected chi connectivity index (χ0v) is 6.52. The molecule has 0 aromatic carbocycles. The maximum absolute atomic E-state index is 12.2. The molecular weight excluding hydrogens is 207 g/mol. The van der Waals surface area contributed by atoms with E-state index in [1.54, 1.807) is 0 Å². The number of aliphatic hydroxyl groups excluding tert-OH is 1. The first-order valence-electron chi connectivity index (χ1n) is 3.27. The molecule has 1 rings (SSSR count). The Morgan fingerprint density at radius 1 is 1.64 bits per heavy atom. The van der Waals surface area contributed by atoms with Crippen molar-refractivity contribution in [1.29, 1.82) is 0 Å². The molecule has 14 heavy (non-hydrogen) atoms. The van der Waals surface area contributed by atoms with Crippen LogP contribution in [0.5, 0.6) is 0 Å². The van der Waals surface area contributed by atoms with Gasteiger partial charge in [0.2, 0.25) is 5.82 Å². The molecule has 0 radical (unpaired) electrons. The third-order valence-electron chi connectivity index (χ3n) is 1.40. The van der Waals surface area contributed by atoms with Crippen molar-refractivity contribution in [2.24, 2.45) is 0 Å². The molecule has 6 nitrogen and oxygen atoms in total. The Labute approximate surface area is 74.7 Å². The van der Waals surface area contributed by atoms with E-state index in [2.05, 4.69) is 4.98 Å². The lowest BCUT2D eigenvalue weighted by atomic mass is 10.6. The van der Waals surface area contributed by atoms with E-state index >= 15 is 0 Å². The average molecular weight is 211 g/mol. The average Bonchev–Trinajstić information content (AvgIpc) is 2.45. The Hall–Kier alpha value is -1.64. The van der Waals surface area contributed by atoms with Gasteiger partial charge in [0.05, 0.1) is 0 Å². The van der Waals surface area contributed by atoms with Crippen LogP contribution in [0.2, 0.25) is 0 Å². The molecule has 0 aliphatic rings. The number of rotatable bonds is 2.